The fourth-order valence-corrected chi connectivity index (χ4v) is 2.00. The molecule has 1 aromatic heterocycles. The minimum atomic E-state index is 0. The van der Waals surface area contributed by atoms with E-state index in [0.717, 1.165) is 13.0 Å². The monoisotopic (exact) mass is 305 g/mol. The number of aryl methyl sites for hydroxylation is 3. The van der Waals surface area contributed by atoms with Crippen molar-refractivity contribution >= 4 is 0 Å². The van der Waals surface area contributed by atoms with Gasteiger partial charge in [-0.25, -0.2) is 4.57 Å². The van der Waals surface area contributed by atoms with Crippen LogP contribution in [0.5, 0.6) is 0 Å². The Balaban J connectivity index is 0.00000162. The van der Waals surface area contributed by atoms with E-state index in [1.54, 1.807) is 0 Å². The van der Waals surface area contributed by atoms with Gasteiger partial charge in [0.2, 0.25) is 0 Å². The molecule has 0 bridgehead atoms. The summed E-state index contributed by atoms with van der Waals surface area (Å²) in [5, 5.41) is 0. The number of benzene rings is 1. The van der Waals surface area contributed by atoms with Gasteiger partial charge >= 0.3 is 0 Å². The summed E-state index contributed by atoms with van der Waals surface area (Å²) in [7, 11) is 0. The molecule has 1 nitrogen and oxygen atoms in total. The first-order valence-corrected chi connectivity index (χ1v) is 6.40. The Morgan fingerprint density at radius 2 is 1.44 bits per heavy atom. The van der Waals surface area contributed by atoms with Crippen LogP contribution in [0, 0.1) is 0 Å². The molecule has 18 heavy (non-hydrogen) atoms. The molecule has 1 heterocycles. The zero-order chi connectivity index (χ0) is 11.9. The van der Waals surface area contributed by atoms with Crippen molar-refractivity contribution in [2.75, 3.05) is 0 Å². The van der Waals surface area contributed by atoms with Gasteiger partial charge in [-0.1, -0.05) is 43.7 Å². The normalized spacial score (nSPS) is 9.83. The first-order valence-electron chi connectivity index (χ1n) is 6.40. The van der Waals surface area contributed by atoms with Gasteiger partial charge in [0.15, 0.2) is 18.9 Å². The highest BCUT2D eigenvalue weighted by Gasteiger charge is 2.01. The molecule has 0 aliphatic carbocycles. The van der Waals surface area contributed by atoms with Gasteiger partial charge in [-0.3, -0.25) is 0 Å². The van der Waals surface area contributed by atoms with Crippen molar-refractivity contribution in [3.05, 3.63) is 66.0 Å². The fourth-order valence-electron chi connectivity index (χ4n) is 2.00. The molecule has 0 unspecified atom stereocenters. The Labute approximate surface area is 120 Å². The number of rotatable bonds is 5. The van der Waals surface area contributed by atoms with Crippen molar-refractivity contribution in [3.63, 3.8) is 0 Å². The van der Waals surface area contributed by atoms with Gasteiger partial charge in [0, 0.05) is 18.6 Å². The molecule has 0 fully saturated rings. The van der Waals surface area contributed by atoms with E-state index in [-0.39, 0.29) is 17.0 Å². The van der Waals surface area contributed by atoms with Gasteiger partial charge in [0.25, 0.3) is 0 Å². The molecule has 2 heteroatoms. The molecule has 2 aromatic rings. The number of halogens is 1. The molecule has 1 aromatic carbocycles. The fraction of sp³-hybridized carbons (Fsp3) is 0.312. The van der Waals surface area contributed by atoms with Gasteiger partial charge in [-0.05, 0) is 17.5 Å². The Kier molecular flexibility index (Phi) is 6.66. The van der Waals surface area contributed by atoms with Crippen molar-refractivity contribution in [2.45, 2.75) is 32.7 Å². The highest BCUT2D eigenvalue weighted by Crippen LogP contribution is 2.01. The second-order valence-corrected chi connectivity index (χ2v) is 4.43. The average molecular weight is 306 g/mol. The highest BCUT2D eigenvalue weighted by molar-refractivity contribution is 5.14. The van der Waals surface area contributed by atoms with Gasteiger partial charge in [-0.2, -0.15) is 0 Å². The van der Waals surface area contributed by atoms with Crippen LogP contribution < -0.4 is 21.5 Å². The molecule has 0 amide bonds. The van der Waals surface area contributed by atoms with Crippen molar-refractivity contribution in [2.24, 2.45) is 0 Å². The number of nitrogens with zero attached hydrogens (tertiary/aromatic N) is 1. The summed E-state index contributed by atoms with van der Waals surface area (Å²) in [5.74, 6) is 0. The summed E-state index contributed by atoms with van der Waals surface area (Å²) in [6.45, 7) is 3.27. The van der Waals surface area contributed by atoms with Crippen LogP contribution in [0.1, 0.15) is 24.5 Å². The van der Waals surface area contributed by atoms with Gasteiger partial charge < -0.3 is 17.0 Å². The molecule has 2 rings (SSSR count). The maximum Gasteiger partial charge on any atom is 0.169 e. The predicted octanol–water partition coefficient (Wildman–Crippen LogP) is 0.173. The van der Waals surface area contributed by atoms with Crippen LogP contribution in [0.2, 0.25) is 0 Å². The number of pyridine rings is 1. The summed E-state index contributed by atoms with van der Waals surface area (Å²) >= 11 is 0. The molecule has 0 aliphatic rings. The van der Waals surface area contributed by atoms with E-state index in [1.165, 1.54) is 24.0 Å². The lowest BCUT2D eigenvalue weighted by Crippen LogP contribution is -3.00. The molecular weight excluding hydrogens is 286 g/mol. The van der Waals surface area contributed by atoms with Crippen LogP contribution in [-0.4, -0.2) is 0 Å². The van der Waals surface area contributed by atoms with Crippen LogP contribution >= 0.6 is 0 Å². The molecule has 96 valence electrons. The summed E-state index contributed by atoms with van der Waals surface area (Å²) in [4.78, 5) is 0. The van der Waals surface area contributed by atoms with Crippen molar-refractivity contribution in [3.8, 4) is 0 Å². The van der Waals surface area contributed by atoms with E-state index in [0.29, 0.717) is 0 Å². The van der Waals surface area contributed by atoms with Crippen LogP contribution in [-0.2, 0) is 19.4 Å². The second-order valence-electron chi connectivity index (χ2n) is 4.43. The lowest BCUT2D eigenvalue weighted by Gasteiger charge is -2.00. The quantitative estimate of drug-likeness (QED) is 0.694. The average Bonchev–Trinajstić information content (AvgIpc) is 2.40. The van der Waals surface area contributed by atoms with Gasteiger partial charge in [0.1, 0.15) is 0 Å². The summed E-state index contributed by atoms with van der Waals surface area (Å²) in [5.41, 5.74) is 2.83. The van der Waals surface area contributed by atoms with Gasteiger partial charge in [-0.15, -0.1) is 0 Å². The van der Waals surface area contributed by atoms with E-state index < -0.39 is 0 Å². The Morgan fingerprint density at radius 1 is 0.833 bits per heavy atom. The minimum absolute atomic E-state index is 0. The molecule has 0 saturated carbocycles. The molecular formula is C16H20BrN. The first-order chi connectivity index (χ1) is 8.38. The van der Waals surface area contributed by atoms with E-state index >= 15 is 0 Å². The third-order valence-corrected chi connectivity index (χ3v) is 3.00. The van der Waals surface area contributed by atoms with Crippen LogP contribution in [0.3, 0.4) is 0 Å². The van der Waals surface area contributed by atoms with Crippen molar-refractivity contribution in [1.29, 1.82) is 0 Å². The van der Waals surface area contributed by atoms with E-state index in [9.17, 15) is 0 Å². The Morgan fingerprint density at radius 3 is 2.06 bits per heavy atom. The summed E-state index contributed by atoms with van der Waals surface area (Å²) in [6, 6.07) is 15.1. The first kappa shape index (κ1) is 14.9. The van der Waals surface area contributed by atoms with Crippen LogP contribution in [0.15, 0.2) is 54.9 Å². The largest absolute Gasteiger partial charge is 1.00 e. The predicted molar refractivity (Wildman–Crippen MR) is 70.8 cm³/mol. The highest BCUT2D eigenvalue weighted by atomic mass is 79.9. The number of hydrogen-bond acceptors (Lipinski definition) is 0. The SMILES string of the molecule is CCCc1cc[n+](CCc2ccccc2)cc1.[Br-]. The van der Waals surface area contributed by atoms with E-state index in [4.69, 9.17) is 0 Å². The minimum Gasteiger partial charge on any atom is -1.00 e. The molecule has 0 radical (unpaired) electrons. The van der Waals surface area contributed by atoms with E-state index in [2.05, 4.69) is 66.3 Å². The lowest BCUT2D eigenvalue weighted by molar-refractivity contribution is -0.696. The number of hydrogen-bond donors (Lipinski definition) is 0. The maximum atomic E-state index is 2.26. The van der Waals surface area contributed by atoms with E-state index in [1.807, 2.05) is 0 Å². The zero-order valence-electron chi connectivity index (χ0n) is 10.8. The maximum absolute atomic E-state index is 2.26. The Bertz CT molecular complexity index is 436. The molecule has 0 N–H and O–H groups in total. The van der Waals surface area contributed by atoms with Gasteiger partial charge in [0.05, 0.1) is 0 Å². The number of aromatic nitrogens is 1. The van der Waals surface area contributed by atoms with Crippen LogP contribution in [0.25, 0.3) is 0 Å². The third kappa shape index (κ3) is 4.61. The summed E-state index contributed by atoms with van der Waals surface area (Å²) in [6.07, 6.45) is 7.87. The van der Waals surface area contributed by atoms with Crippen molar-refractivity contribution < 1.29 is 21.5 Å². The second kappa shape index (κ2) is 8.04. The topological polar surface area (TPSA) is 3.88 Å². The standard InChI is InChI=1S/C16H20N.BrH/c1-2-6-15-9-12-17(13-10-15)14-11-16-7-4-3-5-8-16;/h3-5,7-10,12-13H,2,6,11,14H2,1H3;1H/q+1;/p-1. The molecule has 0 aliphatic heterocycles. The third-order valence-electron chi connectivity index (χ3n) is 3.00. The smallest absolute Gasteiger partial charge is 0.169 e. The van der Waals surface area contributed by atoms with Crippen LogP contribution in [0.4, 0.5) is 0 Å². The van der Waals surface area contributed by atoms with Crippen molar-refractivity contribution in [1.82, 2.24) is 0 Å². The molecule has 0 spiro atoms. The summed E-state index contributed by atoms with van der Waals surface area (Å²) < 4.78 is 2.26. The Hall–Kier alpha value is -1.15. The molecule has 0 saturated heterocycles. The lowest BCUT2D eigenvalue weighted by atomic mass is 10.1. The molecule has 0 atom stereocenters. The zero-order valence-corrected chi connectivity index (χ0v) is 12.4.